The normalized spacial score (nSPS) is 16.5. The van der Waals surface area contributed by atoms with Gasteiger partial charge in [-0.1, -0.05) is 27.7 Å². The van der Waals surface area contributed by atoms with Crippen molar-refractivity contribution in [3.8, 4) is 0 Å². The molecule has 2 atom stereocenters. The summed E-state index contributed by atoms with van der Waals surface area (Å²) in [6.07, 6.45) is 1.29. The molecule has 0 amide bonds. The van der Waals surface area contributed by atoms with E-state index >= 15 is 0 Å². The van der Waals surface area contributed by atoms with Gasteiger partial charge in [0.05, 0.1) is 0 Å². The van der Waals surface area contributed by atoms with E-state index in [1.807, 2.05) is 0 Å². The molecule has 12 heavy (non-hydrogen) atoms. The Morgan fingerprint density at radius 3 is 2.08 bits per heavy atom. The van der Waals surface area contributed by atoms with Crippen LogP contribution in [0.25, 0.3) is 0 Å². The quantitative estimate of drug-likeness (QED) is 0.596. The predicted octanol–water partition coefficient (Wildman–Crippen LogP) is 4.25. The van der Waals surface area contributed by atoms with Crippen LogP contribution < -0.4 is 0 Å². The first-order valence-corrected chi connectivity index (χ1v) is 6.82. The lowest BCUT2D eigenvalue weighted by Crippen LogP contribution is -2.02. The maximum Gasteiger partial charge on any atom is 0.0477 e. The molecule has 0 aliphatic carbocycles. The Morgan fingerprint density at radius 1 is 1.08 bits per heavy atom. The van der Waals surface area contributed by atoms with E-state index < -0.39 is 0 Å². The first-order valence-electron chi connectivity index (χ1n) is 4.83. The fraction of sp³-hybridized carbons (Fsp3) is 1.00. The van der Waals surface area contributed by atoms with E-state index in [1.165, 1.54) is 12.2 Å². The highest BCUT2D eigenvalue weighted by molar-refractivity contribution is 8.17. The minimum Gasteiger partial charge on any atom is -0.148 e. The molecule has 0 N–H and O–H groups in total. The summed E-state index contributed by atoms with van der Waals surface area (Å²) >= 11 is 4.20. The molecule has 0 aliphatic heterocycles. The molecule has 0 spiro atoms. The summed E-state index contributed by atoms with van der Waals surface area (Å²) < 4.78 is 0.766. The Balaban J connectivity index is 3.39. The van der Waals surface area contributed by atoms with Crippen LogP contribution in [0.2, 0.25) is 0 Å². The van der Waals surface area contributed by atoms with Crippen LogP contribution >= 0.6 is 23.5 Å². The van der Waals surface area contributed by atoms with Gasteiger partial charge in [0.15, 0.2) is 0 Å². The summed E-state index contributed by atoms with van der Waals surface area (Å²) in [5.41, 5.74) is 0. The summed E-state index contributed by atoms with van der Waals surface area (Å²) in [5, 5.41) is 0.819. The Bertz CT molecular complexity index is 102. The molecular formula is C10H22S2. The first kappa shape index (κ1) is 12.7. The van der Waals surface area contributed by atoms with Gasteiger partial charge in [-0.2, -0.15) is 0 Å². The molecule has 0 rings (SSSR count). The second-order valence-electron chi connectivity index (χ2n) is 3.65. The fourth-order valence-corrected chi connectivity index (χ4v) is 3.41. The highest BCUT2D eigenvalue weighted by atomic mass is 32.2. The van der Waals surface area contributed by atoms with Crippen LogP contribution in [0.3, 0.4) is 0 Å². The number of hydrogen-bond acceptors (Lipinski definition) is 2. The zero-order valence-corrected chi connectivity index (χ0v) is 10.6. The summed E-state index contributed by atoms with van der Waals surface area (Å²) in [6.45, 7) is 11.5. The van der Waals surface area contributed by atoms with E-state index in [2.05, 4.69) is 58.1 Å². The topological polar surface area (TPSA) is 0 Å². The first-order chi connectivity index (χ1) is 5.56. The monoisotopic (exact) mass is 206 g/mol. The molecular weight excluding hydrogens is 184 g/mol. The molecule has 0 aromatic heterocycles. The maximum atomic E-state index is 2.32. The molecule has 0 aromatic rings. The van der Waals surface area contributed by atoms with E-state index in [-0.39, 0.29) is 0 Å². The molecule has 74 valence electrons. The van der Waals surface area contributed by atoms with Gasteiger partial charge in [-0.05, 0) is 25.0 Å². The SMILES string of the molecule is CCC(C)SC(C)SCC(C)C. The molecule has 0 fully saturated rings. The van der Waals surface area contributed by atoms with Crippen LogP contribution in [0.4, 0.5) is 0 Å². The van der Waals surface area contributed by atoms with Crippen LogP contribution in [-0.2, 0) is 0 Å². The average Bonchev–Trinajstić information content (AvgIpc) is 2.00. The number of thioether (sulfide) groups is 2. The van der Waals surface area contributed by atoms with Gasteiger partial charge < -0.3 is 0 Å². The van der Waals surface area contributed by atoms with Gasteiger partial charge in [-0.3, -0.25) is 0 Å². The Kier molecular flexibility index (Phi) is 7.55. The third-order valence-corrected chi connectivity index (χ3v) is 4.91. The molecule has 0 radical (unpaired) electrons. The van der Waals surface area contributed by atoms with Gasteiger partial charge in [0.25, 0.3) is 0 Å². The number of hydrogen-bond donors (Lipinski definition) is 0. The summed E-state index contributed by atoms with van der Waals surface area (Å²) in [6, 6.07) is 0. The Morgan fingerprint density at radius 2 is 1.67 bits per heavy atom. The van der Waals surface area contributed by atoms with Crippen LogP contribution in [-0.4, -0.2) is 15.6 Å². The van der Waals surface area contributed by atoms with Crippen molar-refractivity contribution >= 4 is 23.5 Å². The Labute approximate surface area is 86.3 Å². The van der Waals surface area contributed by atoms with Crippen molar-refractivity contribution in [1.29, 1.82) is 0 Å². The van der Waals surface area contributed by atoms with Crippen molar-refractivity contribution in [2.75, 3.05) is 5.75 Å². The van der Waals surface area contributed by atoms with Crippen LogP contribution in [0.15, 0.2) is 0 Å². The molecule has 0 nitrogen and oxygen atoms in total. The maximum absolute atomic E-state index is 2.32. The zero-order chi connectivity index (χ0) is 9.56. The van der Waals surface area contributed by atoms with Gasteiger partial charge in [0, 0.05) is 9.83 Å². The lowest BCUT2D eigenvalue weighted by molar-refractivity contribution is 0.750. The highest BCUT2D eigenvalue weighted by Crippen LogP contribution is 2.29. The minimum absolute atomic E-state index is 0.766. The lowest BCUT2D eigenvalue weighted by Gasteiger charge is -2.16. The zero-order valence-electron chi connectivity index (χ0n) is 8.96. The smallest absolute Gasteiger partial charge is 0.0477 e. The highest BCUT2D eigenvalue weighted by Gasteiger charge is 2.08. The minimum atomic E-state index is 0.766. The molecule has 0 heterocycles. The third kappa shape index (κ3) is 7.35. The third-order valence-electron chi connectivity index (χ3n) is 1.66. The standard InChI is InChI=1S/C10H22S2/c1-6-9(4)12-10(5)11-7-8(2)3/h8-10H,6-7H2,1-5H3. The molecule has 0 saturated carbocycles. The number of rotatable bonds is 6. The molecule has 0 aromatic carbocycles. The average molecular weight is 206 g/mol. The molecule has 0 bridgehead atoms. The van der Waals surface area contributed by atoms with Gasteiger partial charge >= 0.3 is 0 Å². The summed E-state index contributed by atoms with van der Waals surface area (Å²) in [7, 11) is 0. The largest absolute Gasteiger partial charge is 0.148 e. The van der Waals surface area contributed by atoms with Crippen molar-refractivity contribution in [1.82, 2.24) is 0 Å². The van der Waals surface area contributed by atoms with E-state index in [4.69, 9.17) is 0 Å². The summed E-state index contributed by atoms with van der Waals surface area (Å²) in [5.74, 6) is 2.12. The van der Waals surface area contributed by atoms with Crippen LogP contribution in [0, 0.1) is 5.92 Å². The molecule has 0 saturated heterocycles. The van der Waals surface area contributed by atoms with Gasteiger partial charge in [-0.15, -0.1) is 23.5 Å². The summed E-state index contributed by atoms with van der Waals surface area (Å²) in [4.78, 5) is 0. The van der Waals surface area contributed by atoms with Crippen molar-refractivity contribution in [2.24, 2.45) is 5.92 Å². The van der Waals surface area contributed by atoms with E-state index in [0.717, 1.165) is 15.7 Å². The second kappa shape index (κ2) is 7.14. The van der Waals surface area contributed by atoms with Crippen LogP contribution in [0.1, 0.15) is 41.0 Å². The lowest BCUT2D eigenvalue weighted by atomic mass is 10.3. The van der Waals surface area contributed by atoms with E-state index in [1.54, 1.807) is 0 Å². The van der Waals surface area contributed by atoms with Crippen molar-refractivity contribution in [2.45, 2.75) is 50.9 Å². The van der Waals surface area contributed by atoms with Crippen LogP contribution in [0.5, 0.6) is 0 Å². The molecule has 2 unspecified atom stereocenters. The van der Waals surface area contributed by atoms with Crippen molar-refractivity contribution in [3.63, 3.8) is 0 Å². The van der Waals surface area contributed by atoms with Gasteiger partial charge in [0.2, 0.25) is 0 Å². The van der Waals surface area contributed by atoms with E-state index in [0.29, 0.717) is 0 Å². The van der Waals surface area contributed by atoms with Crippen molar-refractivity contribution < 1.29 is 0 Å². The van der Waals surface area contributed by atoms with Crippen molar-refractivity contribution in [3.05, 3.63) is 0 Å². The van der Waals surface area contributed by atoms with Gasteiger partial charge in [0.1, 0.15) is 0 Å². The molecule has 2 heteroatoms. The van der Waals surface area contributed by atoms with E-state index in [9.17, 15) is 0 Å². The fourth-order valence-electron chi connectivity index (χ4n) is 0.791. The second-order valence-corrected chi connectivity index (χ2v) is 7.11. The molecule has 0 aliphatic rings. The Hall–Kier alpha value is 0.700. The van der Waals surface area contributed by atoms with Gasteiger partial charge in [-0.25, -0.2) is 0 Å². The predicted molar refractivity (Wildman–Crippen MR) is 64.1 cm³/mol.